The number of rotatable bonds is 7. The number of hydrogen-bond acceptors (Lipinski definition) is 6. The zero-order valence-electron chi connectivity index (χ0n) is 20.1. The molecule has 3 aromatic heterocycles. The summed E-state index contributed by atoms with van der Waals surface area (Å²) in [4.78, 5) is 20.0. The van der Waals surface area contributed by atoms with E-state index in [1.54, 1.807) is 20.8 Å². The van der Waals surface area contributed by atoms with E-state index in [9.17, 15) is 31.6 Å². The molecule has 0 amide bonds. The fourth-order valence-electron chi connectivity index (χ4n) is 3.74. The predicted octanol–water partition coefficient (Wildman–Crippen LogP) is 4.89. The van der Waals surface area contributed by atoms with E-state index < -0.39 is 43.6 Å². The summed E-state index contributed by atoms with van der Waals surface area (Å²) in [5, 5.41) is 9.90. The first-order valence-corrected chi connectivity index (χ1v) is 12.9. The SMILES string of the molecule is Cc1cnc(C(=O)c2c(OC(C)C)c[n+](O)c3[nH]ccc23)c(NS(=O)(=O)c2ccc(Cl)c(C(F)(F)F)c2)c1. The number of aromatic amines is 1. The number of halogens is 4. The van der Waals surface area contributed by atoms with E-state index in [0.717, 1.165) is 16.9 Å². The molecule has 0 radical (unpaired) electrons. The van der Waals surface area contributed by atoms with Crippen molar-refractivity contribution in [3.05, 3.63) is 76.3 Å². The van der Waals surface area contributed by atoms with Crippen molar-refractivity contribution >= 4 is 44.1 Å². The molecule has 0 aliphatic rings. The van der Waals surface area contributed by atoms with Crippen LogP contribution >= 0.6 is 11.6 Å². The Labute approximate surface area is 219 Å². The van der Waals surface area contributed by atoms with Gasteiger partial charge in [0.2, 0.25) is 5.78 Å². The van der Waals surface area contributed by atoms with Crippen LogP contribution in [0.4, 0.5) is 18.9 Å². The molecule has 0 fully saturated rings. The van der Waals surface area contributed by atoms with Crippen LogP contribution in [-0.2, 0) is 16.2 Å². The predicted molar refractivity (Wildman–Crippen MR) is 131 cm³/mol. The topological polar surface area (TPSA) is 125 Å². The van der Waals surface area contributed by atoms with Gasteiger partial charge >= 0.3 is 11.8 Å². The molecule has 200 valence electrons. The molecular formula is C24H21ClF3N4O5S+. The van der Waals surface area contributed by atoms with E-state index in [1.807, 2.05) is 0 Å². The van der Waals surface area contributed by atoms with Crippen LogP contribution in [0, 0.1) is 6.92 Å². The van der Waals surface area contributed by atoms with E-state index >= 15 is 0 Å². The standard InChI is InChI=1S/C24H20ClF3N4O5S/c1-12(2)37-19-11-32(34)23-15(6-7-29-23)20(19)22(33)21-18(8-13(3)10-30-21)31-38(35,36)14-4-5-17(25)16(9-14)24(26,27)28/h4-12,34H,1-3H3,(H,31,33)/p+1. The number of hydrogen-bond donors (Lipinski definition) is 3. The highest BCUT2D eigenvalue weighted by atomic mass is 35.5. The summed E-state index contributed by atoms with van der Waals surface area (Å²) < 4.78 is 74.9. The van der Waals surface area contributed by atoms with E-state index in [1.165, 1.54) is 30.7 Å². The molecular weight excluding hydrogens is 549 g/mol. The molecule has 0 saturated heterocycles. The van der Waals surface area contributed by atoms with Gasteiger partial charge in [0.15, 0.2) is 11.9 Å². The lowest BCUT2D eigenvalue weighted by Gasteiger charge is -2.16. The second-order valence-electron chi connectivity index (χ2n) is 8.60. The van der Waals surface area contributed by atoms with Crippen LogP contribution < -0.4 is 14.2 Å². The molecule has 0 atom stereocenters. The molecule has 4 rings (SSSR count). The van der Waals surface area contributed by atoms with E-state index in [2.05, 4.69) is 14.7 Å². The summed E-state index contributed by atoms with van der Waals surface area (Å²) in [6.07, 6.45) is -1.29. The number of nitrogens with one attached hydrogen (secondary N) is 2. The van der Waals surface area contributed by atoms with Gasteiger partial charge in [-0.2, -0.15) is 13.2 Å². The number of nitrogens with zero attached hydrogens (tertiary/aromatic N) is 2. The highest BCUT2D eigenvalue weighted by Crippen LogP contribution is 2.37. The molecule has 0 unspecified atom stereocenters. The number of anilines is 1. The molecule has 0 bridgehead atoms. The molecule has 0 saturated carbocycles. The van der Waals surface area contributed by atoms with Gasteiger partial charge in [0.25, 0.3) is 10.0 Å². The number of H-pyrrole nitrogens is 1. The maximum Gasteiger partial charge on any atom is 0.417 e. The van der Waals surface area contributed by atoms with Gasteiger partial charge in [-0.15, -0.1) is 0 Å². The van der Waals surface area contributed by atoms with Crippen LogP contribution in [0.1, 0.15) is 41.0 Å². The summed E-state index contributed by atoms with van der Waals surface area (Å²) in [7, 11) is -4.62. The summed E-state index contributed by atoms with van der Waals surface area (Å²) >= 11 is 5.62. The van der Waals surface area contributed by atoms with E-state index in [4.69, 9.17) is 16.3 Å². The second-order valence-corrected chi connectivity index (χ2v) is 10.7. The first-order chi connectivity index (χ1) is 17.7. The minimum atomic E-state index is -4.89. The van der Waals surface area contributed by atoms with Crippen LogP contribution in [0.3, 0.4) is 0 Å². The van der Waals surface area contributed by atoms with Crippen LogP contribution in [0.25, 0.3) is 11.0 Å². The average molecular weight is 570 g/mol. The van der Waals surface area contributed by atoms with Crippen LogP contribution in [-0.4, -0.2) is 35.5 Å². The summed E-state index contributed by atoms with van der Waals surface area (Å²) in [5.74, 6) is -0.751. The van der Waals surface area contributed by atoms with Gasteiger partial charge < -0.3 is 9.94 Å². The van der Waals surface area contributed by atoms with Gasteiger partial charge in [0, 0.05) is 6.20 Å². The average Bonchev–Trinajstić information content (AvgIpc) is 3.28. The Kier molecular flexibility index (Phi) is 7.01. The largest absolute Gasteiger partial charge is 0.486 e. The molecule has 38 heavy (non-hydrogen) atoms. The summed E-state index contributed by atoms with van der Waals surface area (Å²) in [6, 6.07) is 4.99. The van der Waals surface area contributed by atoms with Gasteiger partial charge in [-0.25, -0.2) is 13.4 Å². The normalized spacial score (nSPS) is 12.2. The minimum Gasteiger partial charge on any atom is -0.486 e. The molecule has 0 aliphatic heterocycles. The lowest BCUT2D eigenvalue weighted by Crippen LogP contribution is -2.32. The van der Waals surface area contributed by atoms with Crippen LogP contribution in [0.2, 0.25) is 5.02 Å². The molecule has 1 aromatic carbocycles. The number of ether oxygens (including phenoxy) is 1. The highest BCUT2D eigenvalue weighted by molar-refractivity contribution is 7.92. The molecule has 3 N–H and O–H groups in total. The first-order valence-electron chi connectivity index (χ1n) is 11.0. The number of alkyl halides is 3. The van der Waals surface area contributed by atoms with Crippen molar-refractivity contribution in [2.24, 2.45) is 0 Å². The van der Waals surface area contributed by atoms with Gasteiger partial charge in [-0.1, -0.05) is 11.6 Å². The van der Waals surface area contributed by atoms with Crippen LogP contribution in [0.15, 0.2) is 53.8 Å². The van der Waals surface area contributed by atoms with Gasteiger partial charge in [0.1, 0.15) is 5.69 Å². The Morgan fingerprint density at radius 1 is 1.24 bits per heavy atom. The zero-order valence-corrected chi connectivity index (χ0v) is 21.7. The molecule has 3 heterocycles. The van der Waals surface area contributed by atoms with E-state index in [0.29, 0.717) is 11.6 Å². The number of sulfonamides is 1. The fraction of sp³-hybridized carbons (Fsp3) is 0.208. The smallest absolute Gasteiger partial charge is 0.417 e. The minimum absolute atomic E-state index is 0.00306. The highest BCUT2D eigenvalue weighted by Gasteiger charge is 2.35. The molecule has 0 spiro atoms. The maximum atomic E-state index is 13.8. The Bertz CT molecular complexity index is 1670. The first kappa shape index (κ1) is 27.2. The number of carbonyl (C=O) groups excluding carboxylic acids is 1. The number of carbonyl (C=O) groups is 1. The van der Waals surface area contributed by atoms with Crippen molar-refractivity contribution in [2.75, 3.05) is 4.72 Å². The Balaban J connectivity index is 1.84. The third-order valence-corrected chi connectivity index (χ3v) is 7.03. The van der Waals surface area contributed by atoms with Crippen LogP contribution in [0.5, 0.6) is 5.75 Å². The number of fused-ring (bicyclic) bond motifs is 1. The lowest BCUT2D eigenvalue weighted by molar-refractivity contribution is -0.886. The van der Waals surface area contributed by atoms with Crippen molar-refractivity contribution < 1.29 is 41.1 Å². The summed E-state index contributed by atoms with van der Waals surface area (Å²) in [5.41, 5.74) is -1.30. The Morgan fingerprint density at radius 3 is 2.61 bits per heavy atom. The van der Waals surface area contributed by atoms with Crippen molar-refractivity contribution in [3.8, 4) is 5.75 Å². The number of pyridine rings is 2. The quantitative estimate of drug-likeness (QED) is 0.165. The van der Waals surface area contributed by atoms with Gasteiger partial charge in [0.05, 0.1) is 44.4 Å². The maximum absolute atomic E-state index is 13.8. The fourth-order valence-corrected chi connectivity index (χ4v) is 5.05. The van der Waals surface area contributed by atoms with Crippen molar-refractivity contribution in [2.45, 2.75) is 37.9 Å². The Morgan fingerprint density at radius 2 is 1.95 bits per heavy atom. The number of benzene rings is 1. The molecule has 9 nitrogen and oxygen atoms in total. The Hall–Kier alpha value is -3.84. The van der Waals surface area contributed by atoms with Gasteiger partial charge in [-0.3, -0.25) is 14.5 Å². The van der Waals surface area contributed by atoms with Gasteiger partial charge in [-0.05, 0) is 61.4 Å². The van der Waals surface area contributed by atoms with E-state index in [-0.39, 0.29) is 33.7 Å². The van der Waals surface area contributed by atoms with Crippen molar-refractivity contribution in [1.82, 2.24) is 9.97 Å². The number of ketones is 1. The lowest BCUT2D eigenvalue weighted by atomic mass is 10.0. The van der Waals surface area contributed by atoms with Crippen molar-refractivity contribution in [1.29, 1.82) is 0 Å². The second kappa shape index (κ2) is 9.80. The third kappa shape index (κ3) is 5.24. The number of aryl methyl sites for hydroxylation is 1. The zero-order chi connectivity index (χ0) is 28.0. The summed E-state index contributed by atoms with van der Waals surface area (Å²) in [6.45, 7) is 5.02. The molecule has 4 aromatic rings. The van der Waals surface area contributed by atoms with Crippen molar-refractivity contribution in [3.63, 3.8) is 0 Å². The third-order valence-electron chi connectivity index (χ3n) is 5.34. The monoisotopic (exact) mass is 569 g/mol. The molecule has 14 heteroatoms. The molecule has 0 aliphatic carbocycles. The number of aromatic nitrogens is 3.